The smallest absolute Gasteiger partial charge is 0.309 e. The molecule has 0 heterocycles. The van der Waals surface area contributed by atoms with E-state index in [1.807, 2.05) is 30.3 Å². The molecule has 4 nitrogen and oxygen atoms in total. The molecule has 0 bridgehead atoms. The number of hydrogen-bond acceptors (Lipinski definition) is 4. The van der Waals surface area contributed by atoms with Gasteiger partial charge in [-0.05, 0) is 18.4 Å². The van der Waals surface area contributed by atoms with Gasteiger partial charge in [0.1, 0.15) is 0 Å². The lowest BCUT2D eigenvalue weighted by molar-refractivity contribution is -0.146. The molecular formula is C20H34O4Si2. The summed E-state index contributed by atoms with van der Waals surface area (Å²) in [7, 11) is -1.08. The highest BCUT2D eigenvalue weighted by Crippen LogP contribution is 2.51. The molecule has 6 heteroatoms. The summed E-state index contributed by atoms with van der Waals surface area (Å²) in [5.41, 5.74) is 0.849. The van der Waals surface area contributed by atoms with Crippen LogP contribution in [-0.4, -0.2) is 42.3 Å². The second-order valence-electron chi connectivity index (χ2n) is 9.13. The SMILES string of the molecule is COC(=O)C(CC(Cc1ccccc1)(C(=O)OC)[Si](C)(C)C)[Si](C)(C)C. The van der Waals surface area contributed by atoms with Crippen LogP contribution in [0.2, 0.25) is 49.9 Å². The number of benzene rings is 1. The third kappa shape index (κ3) is 5.07. The monoisotopic (exact) mass is 394 g/mol. The number of carbonyl (C=O) groups is 2. The van der Waals surface area contributed by atoms with Crippen molar-refractivity contribution in [1.82, 2.24) is 0 Å². The van der Waals surface area contributed by atoms with E-state index >= 15 is 0 Å². The van der Waals surface area contributed by atoms with Gasteiger partial charge in [-0.15, -0.1) is 0 Å². The Morgan fingerprint density at radius 1 is 0.962 bits per heavy atom. The molecule has 0 radical (unpaired) electrons. The van der Waals surface area contributed by atoms with Crippen LogP contribution in [0.4, 0.5) is 0 Å². The topological polar surface area (TPSA) is 52.6 Å². The van der Waals surface area contributed by atoms with Gasteiger partial charge in [0.15, 0.2) is 0 Å². The minimum absolute atomic E-state index is 0.201. The molecule has 26 heavy (non-hydrogen) atoms. The van der Waals surface area contributed by atoms with E-state index in [1.54, 1.807) is 0 Å². The van der Waals surface area contributed by atoms with Crippen LogP contribution in [0.5, 0.6) is 0 Å². The number of ether oxygens (including phenoxy) is 2. The minimum Gasteiger partial charge on any atom is -0.469 e. The highest BCUT2D eigenvalue weighted by molar-refractivity contribution is 6.83. The van der Waals surface area contributed by atoms with E-state index in [1.165, 1.54) is 14.2 Å². The molecule has 0 aromatic heterocycles. The van der Waals surface area contributed by atoms with E-state index in [0.717, 1.165) is 5.56 Å². The van der Waals surface area contributed by atoms with Gasteiger partial charge in [0.25, 0.3) is 0 Å². The number of methoxy groups -OCH3 is 2. The summed E-state index contributed by atoms with van der Waals surface area (Å²) in [6.07, 6.45) is 1.08. The van der Waals surface area contributed by atoms with E-state index in [-0.39, 0.29) is 17.5 Å². The Hall–Kier alpha value is -1.41. The molecule has 146 valence electrons. The van der Waals surface area contributed by atoms with Crippen molar-refractivity contribution in [2.24, 2.45) is 0 Å². The molecule has 0 fully saturated rings. The highest BCUT2D eigenvalue weighted by Gasteiger charge is 2.54. The van der Waals surface area contributed by atoms with Gasteiger partial charge in [-0.1, -0.05) is 69.6 Å². The molecular weight excluding hydrogens is 360 g/mol. The van der Waals surface area contributed by atoms with Gasteiger partial charge in [0.2, 0.25) is 0 Å². The Balaban J connectivity index is 3.51. The predicted molar refractivity (Wildman–Crippen MR) is 112 cm³/mol. The molecule has 1 aromatic rings. The van der Waals surface area contributed by atoms with Gasteiger partial charge in [0, 0.05) is 0 Å². The lowest BCUT2D eigenvalue weighted by atomic mass is 9.93. The minimum atomic E-state index is -2.06. The lowest BCUT2D eigenvalue weighted by Gasteiger charge is -2.44. The van der Waals surface area contributed by atoms with Crippen molar-refractivity contribution >= 4 is 28.1 Å². The summed E-state index contributed by atoms with van der Waals surface area (Å²) in [6.45, 7) is 13.0. The van der Waals surface area contributed by atoms with Gasteiger partial charge in [-0.3, -0.25) is 9.59 Å². The number of hydrogen-bond donors (Lipinski definition) is 0. The zero-order valence-electron chi connectivity index (χ0n) is 17.5. The second-order valence-corrected chi connectivity index (χ2v) is 20.0. The average Bonchev–Trinajstić information content (AvgIpc) is 2.55. The van der Waals surface area contributed by atoms with Crippen molar-refractivity contribution in [1.29, 1.82) is 0 Å². The molecule has 0 aliphatic rings. The molecule has 2 unspecified atom stereocenters. The average molecular weight is 395 g/mol. The second kappa shape index (κ2) is 8.52. The Labute approximate surface area is 160 Å². The first-order chi connectivity index (χ1) is 11.9. The Morgan fingerprint density at radius 3 is 1.88 bits per heavy atom. The van der Waals surface area contributed by atoms with Crippen molar-refractivity contribution < 1.29 is 19.1 Å². The zero-order chi connectivity index (χ0) is 20.2. The summed E-state index contributed by atoms with van der Waals surface area (Å²) >= 11 is 0. The number of esters is 2. The highest BCUT2D eigenvalue weighted by atomic mass is 28.3. The number of rotatable bonds is 8. The summed E-state index contributed by atoms with van der Waals surface area (Å²) in [5, 5.41) is -0.678. The molecule has 1 aromatic carbocycles. The molecule has 0 aliphatic heterocycles. The normalized spacial score (nSPS) is 15.7. The van der Waals surface area contributed by atoms with Crippen LogP contribution in [0.15, 0.2) is 30.3 Å². The first-order valence-electron chi connectivity index (χ1n) is 9.09. The van der Waals surface area contributed by atoms with Crippen LogP contribution in [-0.2, 0) is 25.5 Å². The van der Waals surface area contributed by atoms with Crippen LogP contribution in [0.25, 0.3) is 0 Å². The van der Waals surface area contributed by atoms with E-state index < -0.39 is 21.2 Å². The number of carbonyl (C=O) groups excluding carboxylic acids is 2. The maximum Gasteiger partial charge on any atom is 0.309 e. The fourth-order valence-electron chi connectivity index (χ4n) is 3.48. The lowest BCUT2D eigenvalue weighted by Crippen LogP contribution is -2.51. The summed E-state index contributed by atoms with van der Waals surface area (Å²) in [5.74, 6) is -0.406. The Bertz CT molecular complexity index is 617. The molecule has 0 aliphatic carbocycles. The summed E-state index contributed by atoms with van der Waals surface area (Å²) in [6, 6.07) is 10.0. The maximum absolute atomic E-state index is 13.1. The van der Waals surface area contributed by atoms with Gasteiger partial charge >= 0.3 is 11.9 Å². The quantitative estimate of drug-likeness (QED) is 0.471. The van der Waals surface area contributed by atoms with Crippen molar-refractivity contribution in [2.45, 2.75) is 62.7 Å². The van der Waals surface area contributed by atoms with E-state index in [0.29, 0.717) is 12.8 Å². The molecule has 0 saturated heterocycles. The van der Waals surface area contributed by atoms with Crippen LogP contribution < -0.4 is 0 Å². The van der Waals surface area contributed by atoms with Crippen molar-refractivity contribution in [3.8, 4) is 0 Å². The Kier molecular flexibility index (Phi) is 7.42. The fraction of sp³-hybridized carbons (Fsp3) is 0.600. The molecule has 0 spiro atoms. The van der Waals surface area contributed by atoms with E-state index in [2.05, 4.69) is 39.3 Å². The van der Waals surface area contributed by atoms with Gasteiger partial charge in [-0.2, -0.15) is 0 Å². The van der Waals surface area contributed by atoms with Crippen LogP contribution in [0, 0.1) is 0 Å². The molecule has 0 amide bonds. The molecule has 0 saturated carbocycles. The van der Waals surface area contributed by atoms with Gasteiger partial charge < -0.3 is 9.47 Å². The largest absolute Gasteiger partial charge is 0.469 e. The van der Waals surface area contributed by atoms with Crippen molar-refractivity contribution in [3.05, 3.63) is 35.9 Å². The van der Waals surface area contributed by atoms with Crippen molar-refractivity contribution in [3.63, 3.8) is 0 Å². The molecule has 2 atom stereocenters. The van der Waals surface area contributed by atoms with Crippen LogP contribution in [0.3, 0.4) is 0 Å². The third-order valence-corrected chi connectivity index (χ3v) is 11.4. The standard InChI is InChI=1S/C20H34O4Si2/c1-23-18(21)17(25(3,4)5)15-20(19(22)24-2,26(6,7)8)14-16-12-10-9-11-13-16/h9-13,17H,14-15H2,1-8H3. The van der Waals surface area contributed by atoms with E-state index in [9.17, 15) is 9.59 Å². The van der Waals surface area contributed by atoms with Gasteiger partial charge in [-0.25, -0.2) is 0 Å². The first kappa shape index (κ1) is 22.6. The Morgan fingerprint density at radius 2 is 1.50 bits per heavy atom. The molecule has 0 N–H and O–H groups in total. The van der Waals surface area contributed by atoms with Crippen LogP contribution in [0.1, 0.15) is 12.0 Å². The zero-order valence-corrected chi connectivity index (χ0v) is 19.5. The summed E-state index contributed by atoms with van der Waals surface area (Å²) < 4.78 is 10.4. The molecule has 1 rings (SSSR count). The maximum atomic E-state index is 13.1. The predicted octanol–water partition coefficient (Wildman–Crippen LogP) is 4.75. The van der Waals surface area contributed by atoms with Crippen molar-refractivity contribution in [2.75, 3.05) is 14.2 Å². The van der Waals surface area contributed by atoms with Gasteiger partial charge in [0.05, 0.1) is 40.9 Å². The van der Waals surface area contributed by atoms with E-state index in [4.69, 9.17) is 9.47 Å². The van der Waals surface area contributed by atoms with Crippen LogP contribution >= 0.6 is 0 Å². The summed E-state index contributed by atoms with van der Waals surface area (Å²) in [4.78, 5) is 25.7. The first-order valence-corrected chi connectivity index (χ1v) is 16.2. The fourth-order valence-corrected chi connectivity index (χ4v) is 7.73. The third-order valence-electron chi connectivity index (χ3n) is 5.44.